The van der Waals surface area contributed by atoms with Crippen molar-refractivity contribution in [1.29, 1.82) is 5.26 Å². The molecule has 2 fully saturated rings. The fourth-order valence-electron chi connectivity index (χ4n) is 3.41. The maximum absolute atomic E-state index is 9.19. The van der Waals surface area contributed by atoms with Gasteiger partial charge in [-0.1, -0.05) is 35.2 Å². The normalized spacial score (nSPS) is 21.4. The van der Waals surface area contributed by atoms with E-state index in [9.17, 15) is 5.26 Å². The van der Waals surface area contributed by atoms with Crippen molar-refractivity contribution in [1.82, 2.24) is 0 Å². The maximum atomic E-state index is 9.19. The van der Waals surface area contributed by atoms with Gasteiger partial charge in [0.25, 0.3) is 0 Å². The molecule has 1 aliphatic heterocycles. The van der Waals surface area contributed by atoms with Gasteiger partial charge < -0.3 is 4.90 Å². The van der Waals surface area contributed by atoms with Gasteiger partial charge in [0.05, 0.1) is 11.3 Å². The molecule has 3 rings (SSSR count). The first kappa shape index (κ1) is 12.0. The summed E-state index contributed by atoms with van der Waals surface area (Å²) in [6.45, 7) is 2.27. The molecule has 0 unspecified atom stereocenters. The summed E-state index contributed by atoms with van der Waals surface area (Å²) in [5, 5.41) is 9.19. The summed E-state index contributed by atoms with van der Waals surface area (Å²) in [6.07, 6.45) is 6.93. The van der Waals surface area contributed by atoms with Crippen molar-refractivity contribution in [3.8, 4) is 6.07 Å². The molecule has 0 radical (unpaired) electrons. The molecule has 94 valence electrons. The zero-order valence-electron chi connectivity index (χ0n) is 10.5. The van der Waals surface area contributed by atoms with Gasteiger partial charge in [-0.25, -0.2) is 0 Å². The van der Waals surface area contributed by atoms with Crippen molar-refractivity contribution in [3.63, 3.8) is 0 Å². The Morgan fingerprint density at radius 2 is 1.89 bits per heavy atom. The first-order chi connectivity index (χ1) is 8.72. The topological polar surface area (TPSA) is 27.0 Å². The van der Waals surface area contributed by atoms with Gasteiger partial charge >= 0.3 is 0 Å². The third kappa shape index (κ3) is 2.03. The summed E-state index contributed by atoms with van der Waals surface area (Å²) in [7, 11) is 0. The van der Waals surface area contributed by atoms with Crippen molar-refractivity contribution < 1.29 is 0 Å². The number of nitrogens with zero attached hydrogens (tertiary/aromatic N) is 2. The molecule has 0 atom stereocenters. The van der Waals surface area contributed by atoms with E-state index >= 15 is 0 Å². The minimum atomic E-state index is 0.563. The van der Waals surface area contributed by atoms with E-state index in [0.717, 1.165) is 28.8 Å². The van der Waals surface area contributed by atoms with Crippen LogP contribution in [-0.4, -0.2) is 13.1 Å². The van der Waals surface area contributed by atoms with Crippen LogP contribution in [0.2, 0.25) is 0 Å². The van der Waals surface area contributed by atoms with E-state index < -0.39 is 0 Å². The summed E-state index contributed by atoms with van der Waals surface area (Å²) in [5.74, 6) is 0. The number of benzene rings is 1. The smallest absolute Gasteiger partial charge is 0.101 e. The molecule has 0 bridgehead atoms. The Bertz CT molecular complexity index is 490. The van der Waals surface area contributed by atoms with Crippen molar-refractivity contribution >= 4 is 21.6 Å². The lowest BCUT2D eigenvalue weighted by atomic mass is 9.68. The summed E-state index contributed by atoms with van der Waals surface area (Å²) in [5.41, 5.74) is 2.46. The quantitative estimate of drug-likeness (QED) is 0.781. The molecule has 0 N–H and O–H groups in total. The van der Waals surface area contributed by atoms with Gasteiger partial charge in [0.2, 0.25) is 0 Å². The Morgan fingerprint density at radius 1 is 1.17 bits per heavy atom. The second kappa shape index (κ2) is 4.59. The molecule has 1 saturated carbocycles. The second-order valence-electron chi connectivity index (χ2n) is 5.69. The van der Waals surface area contributed by atoms with E-state index in [1.54, 1.807) is 0 Å². The molecular formula is C15H17BrN2. The minimum Gasteiger partial charge on any atom is -0.369 e. The van der Waals surface area contributed by atoms with Crippen LogP contribution in [0.3, 0.4) is 0 Å². The molecular weight excluding hydrogens is 288 g/mol. The fraction of sp³-hybridized carbons (Fsp3) is 0.533. The van der Waals surface area contributed by atoms with Crippen molar-refractivity contribution in [2.75, 3.05) is 18.0 Å². The maximum Gasteiger partial charge on any atom is 0.101 e. The molecule has 0 aromatic heterocycles. The van der Waals surface area contributed by atoms with Crippen LogP contribution in [0, 0.1) is 16.7 Å². The van der Waals surface area contributed by atoms with Crippen LogP contribution < -0.4 is 4.90 Å². The fourth-order valence-corrected chi connectivity index (χ4v) is 3.76. The number of rotatable bonds is 1. The molecule has 1 aromatic carbocycles. The van der Waals surface area contributed by atoms with E-state index in [2.05, 4.69) is 33.0 Å². The van der Waals surface area contributed by atoms with Crippen LogP contribution in [0.4, 0.5) is 5.69 Å². The summed E-state index contributed by atoms with van der Waals surface area (Å²) in [4.78, 5) is 2.37. The predicted molar refractivity (Wildman–Crippen MR) is 76.6 cm³/mol. The van der Waals surface area contributed by atoms with Gasteiger partial charge in [-0.2, -0.15) is 5.26 Å². The average Bonchev–Trinajstić information content (AvgIpc) is 2.37. The van der Waals surface area contributed by atoms with Crippen LogP contribution in [0.1, 0.15) is 37.7 Å². The highest BCUT2D eigenvalue weighted by Crippen LogP contribution is 2.46. The standard InChI is InChI=1S/C15H17BrN2/c16-13-5-4-12(9-17)14(8-13)18-10-15(11-18)6-2-1-3-7-15/h4-5,8H,1-3,6-7,10-11H2. The summed E-state index contributed by atoms with van der Waals surface area (Å²) in [6, 6.07) is 8.23. The van der Waals surface area contributed by atoms with E-state index in [4.69, 9.17) is 0 Å². The van der Waals surface area contributed by atoms with Crippen LogP contribution in [0.25, 0.3) is 0 Å². The molecule has 1 spiro atoms. The zero-order valence-corrected chi connectivity index (χ0v) is 12.0. The lowest BCUT2D eigenvalue weighted by molar-refractivity contribution is 0.139. The first-order valence-corrected chi connectivity index (χ1v) is 7.46. The molecule has 1 aliphatic carbocycles. The van der Waals surface area contributed by atoms with Gasteiger partial charge in [-0.15, -0.1) is 0 Å². The van der Waals surface area contributed by atoms with E-state index in [-0.39, 0.29) is 0 Å². The molecule has 1 heterocycles. The van der Waals surface area contributed by atoms with Gasteiger partial charge in [-0.3, -0.25) is 0 Å². The van der Waals surface area contributed by atoms with E-state index in [0.29, 0.717) is 5.41 Å². The van der Waals surface area contributed by atoms with Gasteiger partial charge in [0, 0.05) is 23.0 Å². The Kier molecular flexibility index (Phi) is 3.07. The van der Waals surface area contributed by atoms with Crippen LogP contribution >= 0.6 is 15.9 Å². The zero-order chi connectivity index (χ0) is 12.6. The lowest BCUT2D eigenvalue weighted by Gasteiger charge is -2.53. The number of halogens is 1. The highest BCUT2D eigenvalue weighted by atomic mass is 79.9. The van der Waals surface area contributed by atoms with E-state index in [1.165, 1.54) is 32.1 Å². The van der Waals surface area contributed by atoms with Crippen LogP contribution in [0.15, 0.2) is 22.7 Å². The van der Waals surface area contributed by atoms with Gasteiger partial charge in [0.15, 0.2) is 0 Å². The largest absolute Gasteiger partial charge is 0.369 e. The molecule has 1 saturated heterocycles. The number of anilines is 1. The molecule has 2 nitrogen and oxygen atoms in total. The highest BCUT2D eigenvalue weighted by Gasteiger charge is 2.43. The van der Waals surface area contributed by atoms with Crippen molar-refractivity contribution in [3.05, 3.63) is 28.2 Å². The highest BCUT2D eigenvalue weighted by molar-refractivity contribution is 9.10. The Hall–Kier alpha value is -1.01. The average molecular weight is 305 g/mol. The van der Waals surface area contributed by atoms with Gasteiger partial charge in [0.1, 0.15) is 6.07 Å². The molecule has 18 heavy (non-hydrogen) atoms. The van der Waals surface area contributed by atoms with Crippen LogP contribution in [-0.2, 0) is 0 Å². The number of nitriles is 1. The van der Waals surface area contributed by atoms with Crippen molar-refractivity contribution in [2.24, 2.45) is 5.41 Å². The molecule has 3 heteroatoms. The number of hydrogen-bond donors (Lipinski definition) is 0. The first-order valence-electron chi connectivity index (χ1n) is 6.67. The molecule has 0 amide bonds. The Labute approximate surface area is 117 Å². The predicted octanol–water partition coefficient (Wildman–Crippen LogP) is 4.09. The van der Waals surface area contributed by atoms with Crippen molar-refractivity contribution in [2.45, 2.75) is 32.1 Å². The van der Waals surface area contributed by atoms with Gasteiger partial charge in [-0.05, 0) is 31.0 Å². The molecule has 2 aliphatic rings. The third-order valence-corrected chi connectivity index (χ3v) is 4.88. The second-order valence-corrected chi connectivity index (χ2v) is 6.61. The minimum absolute atomic E-state index is 0.563. The Morgan fingerprint density at radius 3 is 2.56 bits per heavy atom. The van der Waals surface area contributed by atoms with E-state index in [1.807, 2.05) is 12.1 Å². The monoisotopic (exact) mass is 304 g/mol. The Balaban J connectivity index is 1.78. The SMILES string of the molecule is N#Cc1ccc(Br)cc1N1CC2(CCCCC2)C1. The molecule has 1 aromatic rings. The lowest BCUT2D eigenvalue weighted by Crippen LogP contribution is -2.57. The summed E-state index contributed by atoms with van der Waals surface area (Å²) >= 11 is 3.50. The summed E-state index contributed by atoms with van der Waals surface area (Å²) < 4.78 is 1.06. The third-order valence-electron chi connectivity index (χ3n) is 4.39. The van der Waals surface area contributed by atoms with Crippen LogP contribution in [0.5, 0.6) is 0 Å². The number of hydrogen-bond acceptors (Lipinski definition) is 2.